The van der Waals surface area contributed by atoms with Crippen LogP contribution in [0.4, 0.5) is 0 Å². The highest BCUT2D eigenvalue weighted by Gasteiger charge is 2.17. The highest BCUT2D eigenvalue weighted by atomic mass is 16.7. The number of hydrogen-bond donors (Lipinski definition) is 1. The molecule has 3 rings (SSSR count). The molecule has 5 nitrogen and oxygen atoms in total. The Morgan fingerprint density at radius 3 is 2.46 bits per heavy atom. The van der Waals surface area contributed by atoms with E-state index < -0.39 is 0 Å². The van der Waals surface area contributed by atoms with Gasteiger partial charge in [0.05, 0.1) is 12.1 Å². The van der Waals surface area contributed by atoms with Crippen LogP contribution >= 0.6 is 0 Å². The van der Waals surface area contributed by atoms with E-state index in [9.17, 15) is 4.79 Å². The Hall–Kier alpha value is -2.69. The van der Waals surface area contributed by atoms with E-state index in [2.05, 4.69) is 5.32 Å². The summed E-state index contributed by atoms with van der Waals surface area (Å²) in [7, 11) is 0. The molecule has 126 valence electrons. The summed E-state index contributed by atoms with van der Waals surface area (Å²) >= 11 is 0. The molecule has 1 atom stereocenters. The molecule has 1 heterocycles. The Bertz CT molecular complexity index is 725. The van der Waals surface area contributed by atoms with E-state index in [1.54, 1.807) is 18.2 Å². The van der Waals surface area contributed by atoms with Gasteiger partial charge in [-0.25, -0.2) is 0 Å². The summed E-state index contributed by atoms with van der Waals surface area (Å²) in [4.78, 5) is 12.4. The van der Waals surface area contributed by atoms with Crippen molar-refractivity contribution in [2.24, 2.45) is 0 Å². The lowest BCUT2D eigenvalue weighted by atomic mass is 10.1. The van der Waals surface area contributed by atoms with Crippen LogP contribution in [-0.4, -0.2) is 18.8 Å². The molecule has 1 N–H and O–H groups in total. The van der Waals surface area contributed by atoms with Crippen molar-refractivity contribution in [3.63, 3.8) is 0 Å². The van der Waals surface area contributed by atoms with Gasteiger partial charge in [-0.05, 0) is 56.7 Å². The molecule has 0 radical (unpaired) electrons. The largest absolute Gasteiger partial charge is 0.491 e. The Balaban J connectivity index is 1.65. The lowest BCUT2D eigenvalue weighted by Crippen LogP contribution is -2.26. The lowest BCUT2D eigenvalue weighted by Gasteiger charge is -2.16. The minimum Gasteiger partial charge on any atom is -0.491 e. The molecule has 24 heavy (non-hydrogen) atoms. The Morgan fingerprint density at radius 2 is 1.75 bits per heavy atom. The molecule has 0 bridgehead atoms. The van der Waals surface area contributed by atoms with Crippen LogP contribution in [0.15, 0.2) is 42.5 Å². The standard InChI is InChI=1S/C19H21NO4/c1-12(2)24-16-7-4-14(5-8-16)13(3)20-19(21)15-6-9-17-18(10-15)23-11-22-17/h4-10,12-13H,11H2,1-3H3,(H,20,21). The van der Waals surface area contributed by atoms with E-state index >= 15 is 0 Å². The zero-order valence-electron chi connectivity index (χ0n) is 14.0. The van der Waals surface area contributed by atoms with E-state index in [4.69, 9.17) is 14.2 Å². The molecule has 0 saturated carbocycles. The number of benzene rings is 2. The van der Waals surface area contributed by atoms with Gasteiger partial charge in [-0.15, -0.1) is 0 Å². The summed E-state index contributed by atoms with van der Waals surface area (Å²) in [5.74, 6) is 1.94. The van der Waals surface area contributed by atoms with Gasteiger partial charge in [0, 0.05) is 5.56 Å². The van der Waals surface area contributed by atoms with Gasteiger partial charge in [0.1, 0.15) is 5.75 Å². The maximum Gasteiger partial charge on any atom is 0.251 e. The predicted molar refractivity (Wildman–Crippen MR) is 90.7 cm³/mol. The third-order valence-electron chi connectivity index (χ3n) is 3.73. The molecular weight excluding hydrogens is 306 g/mol. The quantitative estimate of drug-likeness (QED) is 0.910. The summed E-state index contributed by atoms with van der Waals surface area (Å²) in [6, 6.07) is 12.8. The van der Waals surface area contributed by atoms with Crippen LogP contribution in [0.2, 0.25) is 0 Å². The van der Waals surface area contributed by atoms with Gasteiger partial charge in [0.25, 0.3) is 5.91 Å². The lowest BCUT2D eigenvalue weighted by molar-refractivity contribution is 0.0939. The van der Waals surface area contributed by atoms with E-state index in [0.29, 0.717) is 17.1 Å². The second kappa shape index (κ2) is 6.83. The molecule has 1 aliphatic heterocycles. The van der Waals surface area contributed by atoms with Crippen LogP contribution in [0.25, 0.3) is 0 Å². The number of ether oxygens (including phenoxy) is 3. The Kier molecular flexibility index (Phi) is 4.60. The Labute approximate surface area is 141 Å². The third-order valence-corrected chi connectivity index (χ3v) is 3.73. The number of nitrogens with one attached hydrogen (secondary N) is 1. The van der Waals surface area contributed by atoms with Crippen LogP contribution in [0.3, 0.4) is 0 Å². The maximum atomic E-state index is 12.4. The van der Waals surface area contributed by atoms with Gasteiger partial charge in [0.15, 0.2) is 11.5 Å². The molecule has 2 aromatic carbocycles. The summed E-state index contributed by atoms with van der Waals surface area (Å²) < 4.78 is 16.2. The molecule has 5 heteroatoms. The van der Waals surface area contributed by atoms with Crippen LogP contribution < -0.4 is 19.5 Å². The summed E-state index contributed by atoms with van der Waals surface area (Å²) in [6.45, 7) is 6.12. The molecular formula is C19H21NO4. The molecule has 1 unspecified atom stereocenters. The van der Waals surface area contributed by atoms with Crippen molar-refractivity contribution >= 4 is 5.91 Å². The first kappa shape index (κ1) is 16.2. The highest BCUT2D eigenvalue weighted by Crippen LogP contribution is 2.32. The molecule has 0 aliphatic carbocycles. The molecule has 0 aromatic heterocycles. The second-order valence-electron chi connectivity index (χ2n) is 6.00. The summed E-state index contributed by atoms with van der Waals surface area (Å²) in [5, 5.41) is 2.99. The van der Waals surface area contributed by atoms with Gasteiger partial charge >= 0.3 is 0 Å². The fraction of sp³-hybridized carbons (Fsp3) is 0.316. The minimum atomic E-state index is -0.150. The second-order valence-corrected chi connectivity index (χ2v) is 6.00. The van der Waals surface area contributed by atoms with E-state index in [1.165, 1.54) is 0 Å². The topological polar surface area (TPSA) is 56.8 Å². The van der Waals surface area contributed by atoms with Gasteiger partial charge in [-0.1, -0.05) is 12.1 Å². The molecule has 1 amide bonds. The number of rotatable bonds is 5. The van der Waals surface area contributed by atoms with Crippen LogP contribution in [0.5, 0.6) is 17.2 Å². The van der Waals surface area contributed by atoms with Crippen LogP contribution in [0, 0.1) is 0 Å². The maximum absolute atomic E-state index is 12.4. The van der Waals surface area contributed by atoms with Crippen molar-refractivity contribution in [1.82, 2.24) is 5.32 Å². The first-order valence-electron chi connectivity index (χ1n) is 8.00. The Morgan fingerprint density at radius 1 is 1.04 bits per heavy atom. The van der Waals surface area contributed by atoms with Crippen LogP contribution in [0.1, 0.15) is 42.7 Å². The summed E-state index contributed by atoms with van der Waals surface area (Å²) in [5.41, 5.74) is 1.56. The molecule has 0 fully saturated rings. The van der Waals surface area contributed by atoms with Gasteiger partial charge in [-0.2, -0.15) is 0 Å². The predicted octanol–water partition coefficient (Wildman–Crippen LogP) is 3.69. The van der Waals surface area contributed by atoms with Crippen molar-refractivity contribution in [2.45, 2.75) is 32.9 Å². The first-order valence-corrected chi connectivity index (χ1v) is 8.00. The van der Waals surface area contributed by atoms with Crippen LogP contribution in [-0.2, 0) is 0 Å². The normalized spacial score (nSPS) is 13.7. The monoisotopic (exact) mass is 327 g/mol. The molecule has 0 saturated heterocycles. The average molecular weight is 327 g/mol. The average Bonchev–Trinajstić information content (AvgIpc) is 3.02. The fourth-order valence-corrected chi connectivity index (χ4v) is 2.51. The van der Waals surface area contributed by atoms with E-state index in [-0.39, 0.29) is 24.8 Å². The van der Waals surface area contributed by atoms with Crippen molar-refractivity contribution in [3.8, 4) is 17.2 Å². The highest BCUT2D eigenvalue weighted by molar-refractivity contribution is 5.95. The number of carbonyl (C=O) groups excluding carboxylic acids is 1. The fourth-order valence-electron chi connectivity index (χ4n) is 2.51. The summed E-state index contributed by atoms with van der Waals surface area (Å²) in [6.07, 6.45) is 0.138. The SMILES string of the molecule is CC(C)Oc1ccc(C(C)NC(=O)c2ccc3c(c2)OCO3)cc1. The van der Waals surface area contributed by atoms with Gasteiger partial charge in [-0.3, -0.25) is 4.79 Å². The van der Waals surface area contributed by atoms with Crippen molar-refractivity contribution in [2.75, 3.05) is 6.79 Å². The van der Waals surface area contributed by atoms with Gasteiger partial charge in [0.2, 0.25) is 6.79 Å². The number of fused-ring (bicyclic) bond motifs is 1. The van der Waals surface area contributed by atoms with Crippen molar-refractivity contribution < 1.29 is 19.0 Å². The number of carbonyl (C=O) groups is 1. The van der Waals surface area contributed by atoms with Gasteiger partial charge < -0.3 is 19.5 Å². The molecule has 0 spiro atoms. The van der Waals surface area contributed by atoms with E-state index in [0.717, 1.165) is 11.3 Å². The molecule has 2 aromatic rings. The minimum absolute atomic E-state index is 0.115. The van der Waals surface area contributed by atoms with E-state index in [1.807, 2.05) is 45.0 Å². The first-order chi connectivity index (χ1) is 11.5. The smallest absolute Gasteiger partial charge is 0.251 e. The third kappa shape index (κ3) is 3.62. The number of amides is 1. The molecule has 1 aliphatic rings. The zero-order valence-corrected chi connectivity index (χ0v) is 14.0. The van der Waals surface area contributed by atoms with Crippen molar-refractivity contribution in [3.05, 3.63) is 53.6 Å². The zero-order chi connectivity index (χ0) is 17.1. The number of hydrogen-bond acceptors (Lipinski definition) is 4. The van der Waals surface area contributed by atoms with Crippen molar-refractivity contribution in [1.29, 1.82) is 0 Å².